The zero-order chi connectivity index (χ0) is 13.9. The van der Waals surface area contributed by atoms with Crippen LogP contribution in [0.3, 0.4) is 0 Å². The van der Waals surface area contributed by atoms with E-state index in [0.717, 1.165) is 10.9 Å². The lowest BCUT2D eigenvalue weighted by molar-refractivity contribution is 0.0957. The molecule has 1 amide bonds. The van der Waals surface area contributed by atoms with Crippen LogP contribution in [0.1, 0.15) is 34.2 Å². The van der Waals surface area contributed by atoms with Crippen molar-refractivity contribution in [1.29, 1.82) is 0 Å². The van der Waals surface area contributed by atoms with Crippen LogP contribution in [0, 0.1) is 6.92 Å². The van der Waals surface area contributed by atoms with E-state index in [1.807, 2.05) is 0 Å². The van der Waals surface area contributed by atoms with Crippen LogP contribution in [0.2, 0.25) is 0 Å². The number of carbonyl (C=O) groups is 1. The van der Waals surface area contributed by atoms with E-state index < -0.39 is 0 Å². The van der Waals surface area contributed by atoms with Gasteiger partial charge >= 0.3 is 0 Å². The van der Waals surface area contributed by atoms with Crippen molar-refractivity contribution in [2.75, 3.05) is 11.9 Å². The van der Waals surface area contributed by atoms with Gasteiger partial charge in [-0.3, -0.25) is 4.79 Å². The van der Waals surface area contributed by atoms with Crippen LogP contribution in [0.4, 0.5) is 5.13 Å². The third kappa shape index (κ3) is 3.36. The van der Waals surface area contributed by atoms with Crippen LogP contribution in [0.5, 0.6) is 0 Å². The van der Waals surface area contributed by atoms with E-state index in [2.05, 4.69) is 20.6 Å². The van der Waals surface area contributed by atoms with E-state index >= 15 is 0 Å². The number of anilines is 1. The monoisotopic (exact) mass is 292 g/mol. The van der Waals surface area contributed by atoms with Gasteiger partial charge in [0.15, 0.2) is 11.0 Å². The summed E-state index contributed by atoms with van der Waals surface area (Å²) in [5, 5.41) is 6.96. The van der Waals surface area contributed by atoms with Gasteiger partial charge in [-0.2, -0.15) is 0 Å². The lowest BCUT2D eigenvalue weighted by Gasteiger charge is -2.01. The number of rotatable bonds is 6. The Morgan fingerprint density at radius 1 is 1.45 bits per heavy atom. The molecule has 7 heteroatoms. The third-order valence-corrected chi connectivity index (χ3v) is 3.89. The first-order valence-corrected chi connectivity index (χ1v) is 7.44. The summed E-state index contributed by atoms with van der Waals surface area (Å²) in [5.74, 6) is 1.33. The first-order valence-electron chi connectivity index (χ1n) is 6.62. The SMILES string of the molecule is Cc1ncc(CCNC(=O)c2cnc(NC3CC3)s2)o1. The molecule has 0 aromatic carbocycles. The van der Waals surface area contributed by atoms with Crippen LogP contribution in [0.25, 0.3) is 0 Å². The molecule has 0 aliphatic heterocycles. The molecule has 1 aliphatic rings. The first-order chi connectivity index (χ1) is 9.70. The summed E-state index contributed by atoms with van der Waals surface area (Å²) in [7, 11) is 0. The second-order valence-corrected chi connectivity index (χ2v) is 5.83. The van der Waals surface area contributed by atoms with Crippen LogP contribution in [-0.4, -0.2) is 28.5 Å². The molecule has 1 fully saturated rings. The second kappa shape index (κ2) is 5.62. The highest BCUT2D eigenvalue weighted by atomic mass is 32.1. The molecule has 106 valence electrons. The average molecular weight is 292 g/mol. The average Bonchev–Trinajstić information content (AvgIpc) is 2.94. The Hall–Kier alpha value is -1.89. The summed E-state index contributed by atoms with van der Waals surface area (Å²) >= 11 is 1.39. The third-order valence-electron chi connectivity index (χ3n) is 2.96. The lowest BCUT2D eigenvalue weighted by atomic mass is 10.3. The number of amides is 1. The molecule has 0 saturated heterocycles. The predicted molar refractivity (Wildman–Crippen MR) is 76.0 cm³/mol. The topological polar surface area (TPSA) is 80.0 Å². The van der Waals surface area contributed by atoms with Gasteiger partial charge in [-0.05, 0) is 12.8 Å². The van der Waals surface area contributed by atoms with Crippen molar-refractivity contribution < 1.29 is 9.21 Å². The van der Waals surface area contributed by atoms with Crippen LogP contribution in [0.15, 0.2) is 16.8 Å². The Morgan fingerprint density at radius 2 is 2.30 bits per heavy atom. The molecule has 2 aromatic rings. The molecule has 6 nitrogen and oxygen atoms in total. The van der Waals surface area contributed by atoms with Crippen molar-refractivity contribution in [2.45, 2.75) is 32.2 Å². The van der Waals surface area contributed by atoms with Gasteiger partial charge in [-0.15, -0.1) is 0 Å². The fraction of sp³-hybridized carbons (Fsp3) is 0.462. The second-order valence-electron chi connectivity index (χ2n) is 4.80. The Bertz CT molecular complexity index is 603. The molecular weight excluding hydrogens is 276 g/mol. The van der Waals surface area contributed by atoms with Gasteiger partial charge in [0.05, 0.1) is 12.4 Å². The van der Waals surface area contributed by atoms with Gasteiger partial charge in [-0.1, -0.05) is 11.3 Å². The molecule has 1 saturated carbocycles. The molecule has 1 aliphatic carbocycles. The highest BCUT2D eigenvalue weighted by molar-refractivity contribution is 7.17. The molecule has 0 spiro atoms. The van der Waals surface area contributed by atoms with Gasteiger partial charge in [0.2, 0.25) is 0 Å². The largest absolute Gasteiger partial charge is 0.446 e. The molecule has 0 unspecified atom stereocenters. The lowest BCUT2D eigenvalue weighted by Crippen LogP contribution is -2.24. The van der Waals surface area contributed by atoms with Crippen molar-refractivity contribution in [2.24, 2.45) is 0 Å². The number of aromatic nitrogens is 2. The Kier molecular flexibility index (Phi) is 3.68. The standard InChI is InChI=1S/C13H16N4O2S/c1-8-15-6-10(19-8)4-5-14-12(18)11-7-16-13(20-11)17-9-2-3-9/h6-7,9H,2-5H2,1H3,(H,14,18)(H,16,17). The molecule has 0 radical (unpaired) electrons. The number of nitrogens with zero attached hydrogens (tertiary/aromatic N) is 2. The number of aryl methyl sites for hydroxylation is 1. The minimum Gasteiger partial charge on any atom is -0.446 e. The van der Waals surface area contributed by atoms with Crippen molar-refractivity contribution in [3.63, 3.8) is 0 Å². The molecular formula is C13H16N4O2S. The van der Waals surface area contributed by atoms with E-state index in [1.165, 1.54) is 24.2 Å². The maximum absolute atomic E-state index is 11.9. The number of hydrogen-bond acceptors (Lipinski definition) is 6. The fourth-order valence-electron chi connectivity index (χ4n) is 1.76. The quantitative estimate of drug-likeness (QED) is 0.851. The highest BCUT2D eigenvalue weighted by Gasteiger charge is 2.22. The summed E-state index contributed by atoms with van der Waals surface area (Å²) in [6, 6.07) is 0.548. The van der Waals surface area contributed by atoms with Gasteiger partial charge in [-0.25, -0.2) is 9.97 Å². The predicted octanol–water partition coefficient (Wildman–Crippen LogP) is 1.99. The maximum Gasteiger partial charge on any atom is 0.263 e. The zero-order valence-electron chi connectivity index (χ0n) is 11.2. The molecule has 2 N–H and O–H groups in total. The highest BCUT2D eigenvalue weighted by Crippen LogP contribution is 2.27. The molecule has 2 heterocycles. The van der Waals surface area contributed by atoms with Crippen LogP contribution >= 0.6 is 11.3 Å². The van der Waals surface area contributed by atoms with Crippen LogP contribution in [-0.2, 0) is 6.42 Å². The summed E-state index contributed by atoms with van der Waals surface area (Å²) < 4.78 is 5.34. The minimum absolute atomic E-state index is 0.0948. The van der Waals surface area contributed by atoms with E-state index in [0.29, 0.717) is 29.8 Å². The Labute approximate surface area is 120 Å². The van der Waals surface area contributed by atoms with Gasteiger partial charge < -0.3 is 15.1 Å². The molecule has 0 atom stereocenters. The van der Waals surface area contributed by atoms with E-state index in [9.17, 15) is 4.79 Å². The van der Waals surface area contributed by atoms with E-state index in [1.54, 1.807) is 19.3 Å². The number of carbonyl (C=O) groups excluding carboxylic acids is 1. The first kappa shape index (κ1) is 13.1. The molecule has 20 heavy (non-hydrogen) atoms. The fourth-order valence-corrected chi connectivity index (χ4v) is 2.56. The number of thiazole rings is 1. The molecule has 2 aromatic heterocycles. The summed E-state index contributed by atoms with van der Waals surface area (Å²) in [6.07, 6.45) is 6.32. The number of oxazole rings is 1. The summed E-state index contributed by atoms with van der Waals surface area (Å²) in [5.41, 5.74) is 0. The van der Waals surface area contributed by atoms with Crippen molar-refractivity contribution >= 4 is 22.4 Å². The molecule has 0 bridgehead atoms. The van der Waals surface area contributed by atoms with E-state index in [4.69, 9.17) is 4.42 Å². The van der Waals surface area contributed by atoms with Crippen molar-refractivity contribution in [3.05, 3.63) is 28.9 Å². The van der Waals surface area contributed by atoms with Gasteiger partial charge in [0, 0.05) is 25.9 Å². The van der Waals surface area contributed by atoms with Crippen molar-refractivity contribution in [1.82, 2.24) is 15.3 Å². The van der Waals surface area contributed by atoms with Gasteiger partial charge in [0.25, 0.3) is 5.91 Å². The number of hydrogen-bond donors (Lipinski definition) is 2. The van der Waals surface area contributed by atoms with Gasteiger partial charge in [0.1, 0.15) is 10.6 Å². The minimum atomic E-state index is -0.0948. The Balaban J connectivity index is 1.47. The summed E-state index contributed by atoms with van der Waals surface area (Å²) in [6.45, 7) is 2.32. The smallest absolute Gasteiger partial charge is 0.263 e. The number of nitrogens with one attached hydrogen (secondary N) is 2. The summed E-state index contributed by atoms with van der Waals surface area (Å²) in [4.78, 5) is 20.8. The van der Waals surface area contributed by atoms with Crippen molar-refractivity contribution in [3.8, 4) is 0 Å². The van der Waals surface area contributed by atoms with E-state index in [-0.39, 0.29) is 5.91 Å². The van der Waals surface area contributed by atoms with Crippen LogP contribution < -0.4 is 10.6 Å². The Morgan fingerprint density at radius 3 is 3.00 bits per heavy atom. The normalized spacial score (nSPS) is 14.2. The molecule has 3 rings (SSSR count). The zero-order valence-corrected chi connectivity index (χ0v) is 12.0. The maximum atomic E-state index is 11.9.